The summed E-state index contributed by atoms with van der Waals surface area (Å²) >= 11 is 0. The maximum Gasteiger partial charge on any atom is 0.407 e. The van der Waals surface area contributed by atoms with Crippen molar-refractivity contribution in [3.05, 3.63) is 11.9 Å². The van der Waals surface area contributed by atoms with E-state index in [4.69, 9.17) is 4.74 Å². The van der Waals surface area contributed by atoms with E-state index >= 15 is 0 Å². The fourth-order valence-corrected chi connectivity index (χ4v) is 3.60. The van der Waals surface area contributed by atoms with Crippen molar-refractivity contribution >= 4 is 6.09 Å². The van der Waals surface area contributed by atoms with Crippen LogP contribution in [0.3, 0.4) is 0 Å². The van der Waals surface area contributed by atoms with Crippen LogP contribution in [0.2, 0.25) is 0 Å². The van der Waals surface area contributed by atoms with E-state index in [-0.39, 0.29) is 18.5 Å². The average Bonchev–Trinajstić information content (AvgIpc) is 2.95. The Hall–Kier alpha value is -1.59. The van der Waals surface area contributed by atoms with Gasteiger partial charge >= 0.3 is 6.09 Å². The minimum atomic E-state index is -0.279. The van der Waals surface area contributed by atoms with Crippen molar-refractivity contribution < 1.29 is 11.0 Å². The van der Waals surface area contributed by atoms with Gasteiger partial charge in [-0.1, -0.05) is 0 Å². The van der Waals surface area contributed by atoms with Crippen molar-refractivity contribution in [3.8, 4) is 0 Å². The summed E-state index contributed by atoms with van der Waals surface area (Å²) in [7, 11) is 0. The molecule has 3 fully saturated rings. The summed E-state index contributed by atoms with van der Waals surface area (Å²) in [5.74, 6) is 0. The smallest absolute Gasteiger partial charge is 0.407 e. The van der Waals surface area contributed by atoms with E-state index in [1.54, 1.807) is 0 Å². The standard InChI is InChI=1S/C13H20N4O2.H2/c1-2-19-11(18)15-13-6-3-12(4-7-13,5-8-13)10-9-14-17-16-10;/h9H,2-8H2,1H3,(H,15,18)(H,14,16,17);1H. The van der Waals surface area contributed by atoms with Gasteiger partial charge in [-0.3, -0.25) is 0 Å². The monoisotopic (exact) mass is 266 g/mol. The second-order valence-electron chi connectivity index (χ2n) is 5.76. The first-order valence-corrected chi connectivity index (χ1v) is 6.99. The summed E-state index contributed by atoms with van der Waals surface area (Å²) in [6, 6.07) is 0. The molecule has 1 aromatic rings. The Balaban J connectivity index is 0.00000147. The van der Waals surface area contributed by atoms with Gasteiger partial charge in [0, 0.05) is 12.4 Å². The maximum atomic E-state index is 11.6. The molecule has 1 aromatic heterocycles. The number of alkyl carbamates (subject to hydrolysis) is 1. The molecule has 0 atom stereocenters. The Kier molecular flexibility index (Phi) is 2.95. The largest absolute Gasteiger partial charge is 0.450 e. The van der Waals surface area contributed by atoms with Crippen LogP contribution in [0.15, 0.2) is 6.20 Å². The molecule has 3 saturated carbocycles. The summed E-state index contributed by atoms with van der Waals surface area (Å²) in [6.07, 6.45) is 7.75. The van der Waals surface area contributed by atoms with E-state index < -0.39 is 0 Å². The number of nitrogens with one attached hydrogen (secondary N) is 2. The lowest BCUT2D eigenvalue weighted by Gasteiger charge is -2.52. The number of amides is 1. The molecular formula is C13H22N4O2. The van der Waals surface area contributed by atoms with Crippen LogP contribution in [0.25, 0.3) is 0 Å². The molecule has 3 aliphatic rings. The van der Waals surface area contributed by atoms with Gasteiger partial charge in [-0.25, -0.2) is 4.79 Å². The quantitative estimate of drug-likeness (QED) is 0.878. The van der Waals surface area contributed by atoms with Crippen LogP contribution in [0.5, 0.6) is 0 Å². The highest BCUT2D eigenvalue weighted by atomic mass is 16.5. The lowest BCUT2D eigenvalue weighted by molar-refractivity contribution is 0.0644. The van der Waals surface area contributed by atoms with Gasteiger partial charge in [0.15, 0.2) is 0 Å². The van der Waals surface area contributed by atoms with Crippen LogP contribution in [-0.4, -0.2) is 33.6 Å². The number of H-pyrrole nitrogens is 1. The summed E-state index contributed by atoms with van der Waals surface area (Å²) in [4.78, 5) is 11.6. The number of fused-ring (bicyclic) bond motifs is 3. The topological polar surface area (TPSA) is 79.9 Å². The average molecular weight is 266 g/mol. The number of nitrogens with zero attached hydrogens (tertiary/aromatic N) is 2. The van der Waals surface area contributed by atoms with Crippen molar-refractivity contribution in [3.63, 3.8) is 0 Å². The molecule has 0 saturated heterocycles. The summed E-state index contributed by atoms with van der Waals surface area (Å²) < 4.78 is 5.01. The molecule has 1 amide bonds. The third-order valence-electron chi connectivity index (χ3n) is 4.85. The van der Waals surface area contributed by atoms with Crippen molar-refractivity contribution in [2.45, 2.75) is 56.4 Å². The highest BCUT2D eigenvalue weighted by molar-refractivity contribution is 5.68. The van der Waals surface area contributed by atoms with E-state index in [0.717, 1.165) is 44.2 Å². The van der Waals surface area contributed by atoms with Crippen molar-refractivity contribution in [2.24, 2.45) is 0 Å². The van der Waals surface area contributed by atoms with Crippen LogP contribution >= 0.6 is 0 Å². The number of aromatic nitrogens is 3. The number of aromatic amines is 1. The highest BCUT2D eigenvalue weighted by Crippen LogP contribution is 2.52. The van der Waals surface area contributed by atoms with Gasteiger partial charge in [-0.2, -0.15) is 15.4 Å². The number of hydrogen-bond donors (Lipinski definition) is 2. The van der Waals surface area contributed by atoms with Crippen LogP contribution in [0.4, 0.5) is 4.79 Å². The van der Waals surface area contributed by atoms with Gasteiger partial charge in [-0.15, -0.1) is 0 Å². The van der Waals surface area contributed by atoms with Crippen molar-refractivity contribution in [2.75, 3.05) is 6.61 Å². The summed E-state index contributed by atoms with van der Waals surface area (Å²) in [5, 5.41) is 14.0. The van der Waals surface area contributed by atoms with E-state index in [1.807, 2.05) is 13.1 Å². The normalized spacial score (nSPS) is 33.1. The Bertz CT molecular complexity index is 438. The van der Waals surface area contributed by atoms with Crippen LogP contribution < -0.4 is 5.32 Å². The van der Waals surface area contributed by atoms with Gasteiger partial charge in [0.2, 0.25) is 0 Å². The van der Waals surface area contributed by atoms with Crippen molar-refractivity contribution in [1.29, 1.82) is 0 Å². The van der Waals surface area contributed by atoms with Gasteiger partial charge in [-0.05, 0) is 45.4 Å². The molecule has 19 heavy (non-hydrogen) atoms. The predicted octanol–water partition coefficient (Wildman–Crippen LogP) is 2.14. The van der Waals surface area contributed by atoms with E-state index in [1.165, 1.54) is 0 Å². The second kappa shape index (κ2) is 4.51. The molecule has 6 heteroatoms. The Morgan fingerprint density at radius 1 is 1.42 bits per heavy atom. The molecule has 6 nitrogen and oxygen atoms in total. The second-order valence-corrected chi connectivity index (χ2v) is 5.76. The number of rotatable bonds is 3. The fourth-order valence-electron chi connectivity index (χ4n) is 3.60. The van der Waals surface area contributed by atoms with Gasteiger partial charge in [0.05, 0.1) is 18.5 Å². The van der Waals surface area contributed by atoms with Crippen molar-refractivity contribution in [1.82, 2.24) is 20.7 Å². The number of carbonyl (C=O) groups excluding carboxylic acids is 1. The van der Waals surface area contributed by atoms with Gasteiger partial charge in [0.25, 0.3) is 0 Å². The molecule has 0 aromatic carbocycles. The van der Waals surface area contributed by atoms with Crippen LogP contribution in [0, 0.1) is 0 Å². The number of ether oxygens (including phenoxy) is 1. The Morgan fingerprint density at radius 2 is 2.11 bits per heavy atom. The molecule has 0 unspecified atom stereocenters. The highest BCUT2D eigenvalue weighted by Gasteiger charge is 2.51. The molecule has 2 N–H and O–H groups in total. The Labute approximate surface area is 113 Å². The third kappa shape index (κ3) is 2.09. The zero-order valence-corrected chi connectivity index (χ0v) is 11.2. The fraction of sp³-hybridized carbons (Fsp3) is 0.769. The van der Waals surface area contributed by atoms with E-state index in [2.05, 4.69) is 20.7 Å². The van der Waals surface area contributed by atoms with Crippen LogP contribution in [-0.2, 0) is 10.2 Å². The van der Waals surface area contributed by atoms with Gasteiger partial charge in [0.1, 0.15) is 0 Å². The Morgan fingerprint density at radius 3 is 2.63 bits per heavy atom. The van der Waals surface area contributed by atoms with Gasteiger partial charge < -0.3 is 10.1 Å². The first-order chi connectivity index (χ1) is 9.18. The third-order valence-corrected chi connectivity index (χ3v) is 4.85. The molecule has 0 radical (unpaired) electrons. The lowest BCUT2D eigenvalue weighted by atomic mass is 9.56. The first kappa shape index (κ1) is 12.4. The van der Waals surface area contributed by atoms with E-state index in [0.29, 0.717) is 6.61 Å². The zero-order valence-electron chi connectivity index (χ0n) is 11.2. The minimum Gasteiger partial charge on any atom is -0.450 e. The molecule has 0 spiro atoms. The van der Waals surface area contributed by atoms with Crippen LogP contribution in [0.1, 0.15) is 52.6 Å². The summed E-state index contributed by atoms with van der Waals surface area (Å²) in [5.41, 5.74) is 1.19. The summed E-state index contributed by atoms with van der Waals surface area (Å²) in [6.45, 7) is 2.25. The number of hydrogen-bond acceptors (Lipinski definition) is 4. The molecule has 0 aliphatic heterocycles. The van der Waals surface area contributed by atoms with E-state index in [9.17, 15) is 4.79 Å². The molecular weight excluding hydrogens is 244 g/mol. The predicted molar refractivity (Wildman–Crippen MR) is 70.8 cm³/mol. The maximum absolute atomic E-state index is 11.6. The molecule has 2 bridgehead atoms. The molecule has 1 heterocycles. The molecule has 3 aliphatic carbocycles. The minimum absolute atomic E-state index is 0. The first-order valence-electron chi connectivity index (χ1n) is 6.99. The zero-order chi connectivity index (χ0) is 13.3. The SMILES string of the molecule is CCOC(=O)NC12CCC(c3cn[nH]n3)(CC1)CC2.[HH]. The molecule has 4 rings (SSSR count). The lowest BCUT2D eigenvalue weighted by Crippen LogP contribution is -2.57. The number of carbonyl (C=O) groups is 1. The molecule has 106 valence electrons.